The molecule has 0 saturated carbocycles. The van der Waals surface area contributed by atoms with Crippen LogP contribution in [0.4, 0.5) is 5.69 Å². The van der Waals surface area contributed by atoms with Crippen LogP contribution >= 0.6 is 0 Å². The number of ether oxygens (including phenoxy) is 1. The van der Waals surface area contributed by atoms with E-state index in [9.17, 15) is 14.7 Å². The first-order valence-electron chi connectivity index (χ1n) is 14.1. The van der Waals surface area contributed by atoms with Crippen molar-refractivity contribution in [3.63, 3.8) is 0 Å². The van der Waals surface area contributed by atoms with Crippen molar-refractivity contribution in [3.05, 3.63) is 95.1 Å². The second-order valence-corrected chi connectivity index (χ2v) is 10.1. The predicted octanol–water partition coefficient (Wildman–Crippen LogP) is 5.04. The molecule has 0 aliphatic carbocycles. The lowest BCUT2D eigenvalue weighted by Crippen LogP contribution is -2.48. The maximum absolute atomic E-state index is 13.5. The van der Waals surface area contributed by atoms with Crippen LogP contribution in [0.2, 0.25) is 0 Å². The van der Waals surface area contributed by atoms with E-state index < -0.39 is 12.1 Å². The highest BCUT2D eigenvalue weighted by Crippen LogP contribution is 2.21. The van der Waals surface area contributed by atoms with E-state index in [2.05, 4.69) is 17.6 Å². The zero-order chi connectivity index (χ0) is 28.9. The van der Waals surface area contributed by atoms with Gasteiger partial charge in [0, 0.05) is 37.3 Å². The number of nitrogens with zero attached hydrogens (tertiary/aromatic N) is 1. The van der Waals surface area contributed by atoms with Gasteiger partial charge in [0.25, 0.3) is 5.91 Å². The van der Waals surface area contributed by atoms with E-state index >= 15 is 0 Å². The van der Waals surface area contributed by atoms with Crippen molar-refractivity contribution >= 4 is 17.5 Å². The molecule has 3 aromatic rings. The van der Waals surface area contributed by atoms with E-state index in [0.29, 0.717) is 38.0 Å². The van der Waals surface area contributed by atoms with Gasteiger partial charge in [-0.1, -0.05) is 62.7 Å². The summed E-state index contributed by atoms with van der Waals surface area (Å²) in [4.78, 5) is 28.0. The minimum atomic E-state index is -0.832. The molecule has 0 aromatic heterocycles. The summed E-state index contributed by atoms with van der Waals surface area (Å²) in [6.45, 7) is 7.33. The lowest BCUT2D eigenvalue weighted by atomic mass is 10.00. The Labute approximate surface area is 238 Å². The minimum absolute atomic E-state index is 0.0323. The number of aryl methyl sites for hydroxylation is 1. The second-order valence-electron chi connectivity index (χ2n) is 10.1. The van der Waals surface area contributed by atoms with Gasteiger partial charge in [-0.3, -0.25) is 9.59 Å². The summed E-state index contributed by atoms with van der Waals surface area (Å²) in [6.07, 6.45) is 1.89. The Kier molecular flexibility index (Phi) is 12.2. The number of unbranched alkanes of at least 4 members (excludes halogenated alkanes) is 1. The van der Waals surface area contributed by atoms with Crippen molar-refractivity contribution in [2.45, 2.75) is 65.1 Å². The smallest absolute Gasteiger partial charge is 0.251 e. The highest BCUT2D eigenvalue weighted by molar-refractivity contribution is 5.98. The van der Waals surface area contributed by atoms with Crippen molar-refractivity contribution in [2.75, 3.05) is 25.1 Å². The average molecular weight is 546 g/mol. The van der Waals surface area contributed by atoms with Gasteiger partial charge in [0.15, 0.2) is 0 Å². The molecule has 3 aromatic carbocycles. The van der Waals surface area contributed by atoms with Gasteiger partial charge in [-0.15, -0.1) is 0 Å². The fraction of sp³-hybridized carbons (Fsp3) is 0.394. The van der Waals surface area contributed by atoms with Crippen LogP contribution in [0.3, 0.4) is 0 Å². The van der Waals surface area contributed by atoms with Gasteiger partial charge in [0.1, 0.15) is 5.75 Å². The van der Waals surface area contributed by atoms with Crippen molar-refractivity contribution in [2.24, 2.45) is 0 Å². The molecular weight excluding hydrogens is 502 g/mol. The maximum atomic E-state index is 13.5. The second kappa shape index (κ2) is 15.8. The molecule has 0 spiro atoms. The van der Waals surface area contributed by atoms with Crippen molar-refractivity contribution in [3.8, 4) is 5.75 Å². The molecule has 0 aliphatic heterocycles. The number of anilines is 1. The number of hydrogen-bond donors (Lipinski definition) is 3. The number of rotatable bonds is 15. The van der Waals surface area contributed by atoms with Crippen LogP contribution in [0.5, 0.6) is 5.75 Å². The largest absolute Gasteiger partial charge is 0.497 e. The quantitative estimate of drug-likeness (QED) is 0.249. The van der Waals surface area contributed by atoms with E-state index in [-0.39, 0.29) is 11.8 Å². The minimum Gasteiger partial charge on any atom is -0.497 e. The molecule has 0 aliphatic rings. The van der Waals surface area contributed by atoms with Crippen LogP contribution in [-0.4, -0.2) is 49.3 Å². The van der Waals surface area contributed by atoms with Gasteiger partial charge >= 0.3 is 0 Å². The molecule has 2 unspecified atom stereocenters. The predicted molar refractivity (Wildman–Crippen MR) is 161 cm³/mol. The number of aliphatic hydroxyl groups is 1. The zero-order valence-electron chi connectivity index (χ0n) is 24.2. The summed E-state index contributed by atoms with van der Waals surface area (Å²) in [6, 6.07) is 22.6. The van der Waals surface area contributed by atoms with Crippen LogP contribution in [0.1, 0.15) is 60.2 Å². The molecule has 3 N–H and O–H groups in total. The molecule has 0 saturated heterocycles. The Morgan fingerprint density at radius 2 is 1.73 bits per heavy atom. The highest BCUT2D eigenvalue weighted by Gasteiger charge is 2.23. The van der Waals surface area contributed by atoms with Crippen molar-refractivity contribution in [1.29, 1.82) is 0 Å². The van der Waals surface area contributed by atoms with Gasteiger partial charge < -0.3 is 25.4 Å². The number of carbonyl (C=O) groups excluding carboxylic acids is 2. The first kappa shape index (κ1) is 30.9. The van der Waals surface area contributed by atoms with E-state index in [0.717, 1.165) is 41.0 Å². The summed E-state index contributed by atoms with van der Waals surface area (Å²) in [5.41, 5.74) is 4.15. The van der Waals surface area contributed by atoms with E-state index in [1.165, 1.54) is 0 Å². The molecule has 0 fully saturated rings. The number of benzene rings is 3. The van der Waals surface area contributed by atoms with Gasteiger partial charge in [-0.2, -0.15) is 0 Å². The molecule has 2 atom stereocenters. The van der Waals surface area contributed by atoms with Crippen LogP contribution in [-0.2, 0) is 17.8 Å². The normalized spacial score (nSPS) is 12.4. The number of nitrogens with one attached hydrogen (secondary N) is 2. The van der Waals surface area contributed by atoms with E-state index in [1.54, 1.807) is 18.1 Å². The van der Waals surface area contributed by atoms with Crippen LogP contribution in [0.15, 0.2) is 72.8 Å². The first-order valence-corrected chi connectivity index (χ1v) is 14.1. The van der Waals surface area contributed by atoms with E-state index in [4.69, 9.17) is 4.74 Å². The fourth-order valence-electron chi connectivity index (χ4n) is 4.65. The number of hydrogen-bond acceptors (Lipinski definition) is 5. The Bertz CT molecular complexity index is 1230. The number of aliphatic hydroxyl groups excluding tert-OH is 1. The number of methoxy groups -OCH3 is 1. The number of carbonyl (C=O) groups is 2. The van der Waals surface area contributed by atoms with Crippen LogP contribution < -0.4 is 20.3 Å². The van der Waals surface area contributed by atoms with Gasteiger partial charge in [-0.05, 0) is 66.8 Å². The van der Waals surface area contributed by atoms with Crippen LogP contribution in [0.25, 0.3) is 0 Å². The lowest BCUT2D eigenvalue weighted by molar-refractivity contribution is -0.118. The third-order valence-electron chi connectivity index (χ3n) is 6.87. The summed E-state index contributed by atoms with van der Waals surface area (Å²) in [7, 11) is 1.63. The molecule has 0 heterocycles. The summed E-state index contributed by atoms with van der Waals surface area (Å²) in [5, 5.41) is 17.6. The van der Waals surface area contributed by atoms with Crippen molar-refractivity contribution in [1.82, 2.24) is 10.6 Å². The topological polar surface area (TPSA) is 90.9 Å². The molecular formula is C33H43N3O4. The Morgan fingerprint density at radius 1 is 0.975 bits per heavy atom. The van der Waals surface area contributed by atoms with Crippen LogP contribution in [0, 0.1) is 6.92 Å². The molecule has 0 radical (unpaired) electrons. The Morgan fingerprint density at radius 3 is 2.42 bits per heavy atom. The van der Waals surface area contributed by atoms with E-state index in [1.807, 2.05) is 80.6 Å². The van der Waals surface area contributed by atoms with Gasteiger partial charge in [0.05, 0.1) is 19.3 Å². The molecule has 3 rings (SSSR count). The monoisotopic (exact) mass is 545 g/mol. The molecule has 0 bridgehead atoms. The Balaban J connectivity index is 1.77. The van der Waals surface area contributed by atoms with Crippen molar-refractivity contribution < 1.29 is 19.4 Å². The zero-order valence-corrected chi connectivity index (χ0v) is 24.2. The maximum Gasteiger partial charge on any atom is 0.251 e. The summed E-state index contributed by atoms with van der Waals surface area (Å²) < 4.78 is 5.30. The third-order valence-corrected chi connectivity index (χ3v) is 6.87. The molecule has 2 amide bonds. The Hall–Kier alpha value is -3.68. The summed E-state index contributed by atoms with van der Waals surface area (Å²) >= 11 is 0. The SMILES string of the molecule is CCCCN(C(=O)CC)c1cc(C)cc(C(=O)NC(Cc2ccccc2)C(O)CNCc2cccc(OC)c2)c1. The molecule has 7 heteroatoms. The summed E-state index contributed by atoms with van der Waals surface area (Å²) in [5.74, 6) is 0.530. The number of amides is 2. The van der Waals surface area contributed by atoms with Gasteiger partial charge in [0.2, 0.25) is 5.91 Å². The highest BCUT2D eigenvalue weighted by atomic mass is 16.5. The molecule has 214 valence electrons. The standard InChI is InChI=1S/C33H43N3O4/c1-5-7-16-36(32(38)6-2)28-18-24(3)17-27(21-28)33(39)35-30(20-25-12-9-8-10-13-25)31(37)23-34-22-26-14-11-15-29(19-26)40-4/h8-15,17-19,21,30-31,34,37H,5-7,16,20,22-23H2,1-4H3,(H,35,39). The average Bonchev–Trinajstić information content (AvgIpc) is 2.97. The molecule has 7 nitrogen and oxygen atoms in total. The fourth-order valence-corrected chi connectivity index (χ4v) is 4.65. The first-order chi connectivity index (χ1) is 19.3. The third kappa shape index (κ3) is 9.21. The molecule has 40 heavy (non-hydrogen) atoms. The van der Waals surface area contributed by atoms with Gasteiger partial charge in [-0.25, -0.2) is 0 Å². The lowest BCUT2D eigenvalue weighted by Gasteiger charge is -2.26.